The first-order valence-corrected chi connectivity index (χ1v) is 9.19. The minimum atomic E-state index is -1.34. The molecule has 2 aromatic rings. The molecule has 5 rings (SSSR count). The normalized spacial score (nSPS) is 21.6. The molecule has 8 heteroatoms. The number of rotatable bonds is 2. The molecule has 0 radical (unpaired) electrons. The molecule has 1 aromatic carbocycles. The maximum Gasteiger partial charge on any atom is 0.341 e. The fraction of sp³-hybridized carbons (Fsp3) is 0.421. The number of anilines is 2. The maximum absolute atomic E-state index is 15.1. The lowest BCUT2D eigenvalue weighted by Crippen LogP contribution is -2.51. The highest BCUT2D eigenvalue weighted by atomic mass is 19.1. The molecule has 2 fully saturated rings. The number of nitrogens with zero attached hydrogens (tertiary/aromatic N) is 2. The zero-order valence-electron chi connectivity index (χ0n) is 14.5. The summed E-state index contributed by atoms with van der Waals surface area (Å²) >= 11 is 0. The molecule has 1 aromatic heterocycles. The number of aromatic nitrogens is 1. The number of carbonyl (C=O) groups is 2. The molecular formula is C19H18FN3O4. The SMILES string of the molecule is O=C(O)c1cn(C2CC2)c2c3c(c(F)cc2c1=O)N1CCCC[C@H]1C(=O)N3. The van der Waals surface area contributed by atoms with Crippen LogP contribution in [0.3, 0.4) is 0 Å². The summed E-state index contributed by atoms with van der Waals surface area (Å²) in [5.74, 6) is -2.15. The van der Waals surface area contributed by atoms with Gasteiger partial charge in [-0.05, 0) is 38.2 Å². The summed E-state index contributed by atoms with van der Waals surface area (Å²) in [5.41, 5.74) is -0.100. The molecule has 1 saturated carbocycles. The molecule has 2 aliphatic heterocycles. The second-order valence-electron chi connectivity index (χ2n) is 7.49. The number of aromatic carboxylic acids is 1. The van der Waals surface area contributed by atoms with Crippen molar-refractivity contribution in [3.63, 3.8) is 0 Å². The van der Waals surface area contributed by atoms with Gasteiger partial charge in [-0.25, -0.2) is 9.18 Å². The molecule has 1 amide bonds. The molecule has 1 aliphatic carbocycles. The van der Waals surface area contributed by atoms with E-state index in [-0.39, 0.29) is 28.6 Å². The van der Waals surface area contributed by atoms with Crippen LogP contribution in [0.2, 0.25) is 0 Å². The summed E-state index contributed by atoms with van der Waals surface area (Å²) in [6, 6.07) is 0.777. The first-order valence-electron chi connectivity index (χ1n) is 9.19. The summed E-state index contributed by atoms with van der Waals surface area (Å²) < 4.78 is 16.8. The van der Waals surface area contributed by atoms with Crippen molar-refractivity contribution in [2.45, 2.75) is 44.2 Å². The van der Waals surface area contributed by atoms with E-state index >= 15 is 4.39 Å². The van der Waals surface area contributed by atoms with Crippen LogP contribution in [-0.2, 0) is 4.79 Å². The number of piperidine rings is 1. The van der Waals surface area contributed by atoms with E-state index in [4.69, 9.17) is 0 Å². The van der Waals surface area contributed by atoms with Gasteiger partial charge in [0.25, 0.3) is 0 Å². The summed E-state index contributed by atoms with van der Waals surface area (Å²) in [7, 11) is 0. The first-order chi connectivity index (χ1) is 13.0. The summed E-state index contributed by atoms with van der Waals surface area (Å²) in [6.07, 6.45) is 5.47. The average molecular weight is 371 g/mol. The number of nitrogens with one attached hydrogen (secondary N) is 1. The predicted molar refractivity (Wildman–Crippen MR) is 97.0 cm³/mol. The van der Waals surface area contributed by atoms with Gasteiger partial charge < -0.3 is 19.9 Å². The van der Waals surface area contributed by atoms with E-state index in [1.54, 1.807) is 9.47 Å². The van der Waals surface area contributed by atoms with Crippen LogP contribution in [-0.4, -0.2) is 34.1 Å². The highest BCUT2D eigenvalue weighted by molar-refractivity contribution is 6.12. The number of carboxylic acids is 1. The van der Waals surface area contributed by atoms with E-state index in [9.17, 15) is 19.5 Å². The Bertz CT molecular complexity index is 1070. The highest BCUT2D eigenvalue weighted by Gasteiger charge is 2.39. The van der Waals surface area contributed by atoms with Crippen LogP contribution >= 0.6 is 0 Å². The number of pyridine rings is 1. The Labute approximate surface area is 153 Å². The molecule has 7 nitrogen and oxygen atoms in total. The fourth-order valence-corrected chi connectivity index (χ4v) is 4.35. The van der Waals surface area contributed by atoms with Crippen LogP contribution in [0.5, 0.6) is 0 Å². The molecule has 2 N–H and O–H groups in total. The molecule has 3 heterocycles. The van der Waals surface area contributed by atoms with E-state index in [1.807, 2.05) is 0 Å². The van der Waals surface area contributed by atoms with E-state index in [2.05, 4.69) is 5.32 Å². The van der Waals surface area contributed by atoms with Gasteiger partial charge in [0, 0.05) is 18.8 Å². The predicted octanol–water partition coefficient (Wildman–Crippen LogP) is 2.48. The number of hydrogen-bond donors (Lipinski definition) is 2. The van der Waals surface area contributed by atoms with Crippen LogP contribution in [0, 0.1) is 5.82 Å². The molecule has 1 saturated heterocycles. The number of benzene rings is 1. The Balaban J connectivity index is 1.87. The van der Waals surface area contributed by atoms with Crippen molar-refractivity contribution < 1.29 is 19.1 Å². The molecule has 27 heavy (non-hydrogen) atoms. The minimum Gasteiger partial charge on any atom is -0.477 e. The number of carbonyl (C=O) groups excluding carboxylic acids is 1. The van der Waals surface area contributed by atoms with Gasteiger partial charge in [0.05, 0.1) is 22.3 Å². The van der Waals surface area contributed by atoms with Crippen molar-refractivity contribution in [2.75, 3.05) is 16.8 Å². The Kier molecular flexibility index (Phi) is 3.35. The smallest absolute Gasteiger partial charge is 0.341 e. The summed E-state index contributed by atoms with van der Waals surface area (Å²) in [4.78, 5) is 38.6. The van der Waals surface area contributed by atoms with Crippen LogP contribution in [0.25, 0.3) is 10.9 Å². The van der Waals surface area contributed by atoms with Crippen molar-refractivity contribution in [1.29, 1.82) is 0 Å². The molecule has 140 valence electrons. The van der Waals surface area contributed by atoms with Crippen molar-refractivity contribution in [2.24, 2.45) is 0 Å². The molecular weight excluding hydrogens is 353 g/mol. The third kappa shape index (κ3) is 2.28. The van der Waals surface area contributed by atoms with Crippen LogP contribution in [0.4, 0.5) is 15.8 Å². The zero-order chi connectivity index (χ0) is 18.9. The zero-order valence-corrected chi connectivity index (χ0v) is 14.5. The van der Waals surface area contributed by atoms with Crippen molar-refractivity contribution in [1.82, 2.24) is 4.57 Å². The Morgan fingerprint density at radius 3 is 2.70 bits per heavy atom. The number of amides is 1. The first kappa shape index (κ1) is 16.3. The molecule has 0 unspecified atom stereocenters. The topological polar surface area (TPSA) is 91.6 Å². The van der Waals surface area contributed by atoms with Gasteiger partial charge in [0.1, 0.15) is 17.4 Å². The van der Waals surface area contributed by atoms with Crippen molar-refractivity contribution in [3.8, 4) is 0 Å². The van der Waals surface area contributed by atoms with Gasteiger partial charge in [-0.1, -0.05) is 0 Å². The Morgan fingerprint density at radius 2 is 2.00 bits per heavy atom. The van der Waals surface area contributed by atoms with Gasteiger partial charge in [-0.3, -0.25) is 9.59 Å². The van der Waals surface area contributed by atoms with E-state index < -0.39 is 23.3 Å². The number of fused-ring (bicyclic) bond motifs is 5. The Morgan fingerprint density at radius 1 is 1.22 bits per heavy atom. The standard InChI is InChI=1S/C19H18FN3O4/c20-12-7-10-15(23(9-4-5-9)8-11(17(10)24)19(26)27)14-16(12)22-6-2-1-3-13(22)18(25)21-14/h7-9,13H,1-6H2,(H,21,25)(H,26,27)/t13-/m0/s1. The summed E-state index contributed by atoms with van der Waals surface area (Å²) in [5, 5.41) is 12.2. The number of carboxylic acid groups (broad SMARTS) is 1. The largest absolute Gasteiger partial charge is 0.477 e. The average Bonchev–Trinajstić information content (AvgIpc) is 3.47. The number of hydrogen-bond acceptors (Lipinski definition) is 4. The lowest BCUT2D eigenvalue weighted by Gasteiger charge is -2.41. The van der Waals surface area contributed by atoms with E-state index in [0.29, 0.717) is 24.2 Å². The maximum atomic E-state index is 15.1. The van der Waals surface area contributed by atoms with Gasteiger partial charge in [-0.2, -0.15) is 0 Å². The van der Waals surface area contributed by atoms with Gasteiger partial charge in [0.15, 0.2) is 0 Å². The van der Waals surface area contributed by atoms with Crippen molar-refractivity contribution >= 4 is 34.2 Å². The molecule has 1 atom stereocenters. The quantitative estimate of drug-likeness (QED) is 0.846. The second-order valence-corrected chi connectivity index (χ2v) is 7.49. The van der Waals surface area contributed by atoms with Crippen LogP contribution in [0.1, 0.15) is 48.5 Å². The Hall–Kier alpha value is -2.90. The van der Waals surface area contributed by atoms with Gasteiger partial charge in [-0.15, -0.1) is 0 Å². The summed E-state index contributed by atoms with van der Waals surface area (Å²) in [6.45, 7) is 0.578. The number of halogens is 1. The lowest BCUT2D eigenvalue weighted by molar-refractivity contribution is -0.118. The fourth-order valence-electron chi connectivity index (χ4n) is 4.35. The van der Waals surface area contributed by atoms with Crippen LogP contribution in [0.15, 0.2) is 17.1 Å². The third-order valence-corrected chi connectivity index (χ3v) is 5.75. The monoisotopic (exact) mass is 371 g/mol. The molecule has 3 aliphatic rings. The van der Waals surface area contributed by atoms with Crippen LogP contribution < -0.4 is 15.6 Å². The van der Waals surface area contributed by atoms with Crippen molar-refractivity contribution in [3.05, 3.63) is 33.9 Å². The molecule has 0 spiro atoms. The third-order valence-electron chi connectivity index (χ3n) is 5.75. The van der Waals surface area contributed by atoms with E-state index in [0.717, 1.165) is 31.7 Å². The molecule has 0 bridgehead atoms. The van der Waals surface area contributed by atoms with E-state index in [1.165, 1.54) is 6.20 Å². The highest BCUT2D eigenvalue weighted by Crippen LogP contribution is 2.45. The second kappa shape index (κ2) is 5.55. The minimum absolute atomic E-state index is 0.00573. The lowest BCUT2D eigenvalue weighted by atomic mass is 9.96. The van der Waals surface area contributed by atoms with Gasteiger partial charge >= 0.3 is 5.97 Å². The van der Waals surface area contributed by atoms with Gasteiger partial charge in [0.2, 0.25) is 11.3 Å².